The van der Waals surface area contributed by atoms with Crippen molar-refractivity contribution in [3.05, 3.63) is 70.8 Å². The van der Waals surface area contributed by atoms with Gasteiger partial charge in [-0.2, -0.15) is 0 Å². The second-order valence-electron chi connectivity index (χ2n) is 7.87. The van der Waals surface area contributed by atoms with Crippen LogP contribution in [0.2, 0.25) is 0 Å². The molecule has 0 bridgehead atoms. The minimum Gasteiger partial charge on any atom is -0.351 e. The minimum atomic E-state index is -0.554. The molecule has 1 aliphatic rings. The molecule has 1 heterocycles. The number of carbonyl (C=O) groups is 2. The highest BCUT2D eigenvalue weighted by atomic mass is 16.2. The molecule has 1 saturated heterocycles. The number of carbonyl (C=O) groups excluding carboxylic acids is 2. The maximum Gasteiger partial charge on any atom is 0.254 e. The van der Waals surface area contributed by atoms with E-state index in [0.717, 1.165) is 29.5 Å². The van der Waals surface area contributed by atoms with Gasteiger partial charge in [0.15, 0.2) is 0 Å². The summed E-state index contributed by atoms with van der Waals surface area (Å²) >= 11 is 0. The van der Waals surface area contributed by atoms with Crippen LogP contribution in [-0.4, -0.2) is 29.8 Å². The summed E-state index contributed by atoms with van der Waals surface area (Å²) < 4.78 is 0. The number of likely N-dealkylation sites (tertiary alicyclic amines) is 1. The lowest BCUT2D eigenvalue weighted by Crippen LogP contribution is -2.51. The number of hydrogen-bond donors (Lipinski definition) is 1. The van der Waals surface area contributed by atoms with Crippen molar-refractivity contribution in [3.63, 3.8) is 0 Å². The first kappa shape index (κ1) is 19.2. The summed E-state index contributed by atoms with van der Waals surface area (Å²) in [6.45, 7) is 7.64. The molecule has 1 N–H and O–H groups in total. The molecule has 1 aliphatic heterocycles. The maximum atomic E-state index is 12.9. The van der Waals surface area contributed by atoms with Crippen molar-refractivity contribution < 1.29 is 9.59 Å². The Bertz CT molecular complexity index is 829. The summed E-state index contributed by atoms with van der Waals surface area (Å²) in [4.78, 5) is 27.6. The van der Waals surface area contributed by atoms with Gasteiger partial charge in [0.2, 0.25) is 5.91 Å². The topological polar surface area (TPSA) is 49.4 Å². The van der Waals surface area contributed by atoms with Gasteiger partial charge in [-0.25, -0.2) is 0 Å². The van der Waals surface area contributed by atoms with Gasteiger partial charge in [-0.05, 0) is 50.8 Å². The lowest BCUT2D eigenvalue weighted by molar-refractivity contribution is -0.132. The predicted octanol–water partition coefficient (Wildman–Crippen LogP) is 3.86. The molecule has 0 spiro atoms. The van der Waals surface area contributed by atoms with Crippen molar-refractivity contribution in [2.24, 2.45) is 5.41 Å². The largest absolute Gasteiger partial charge is 0.351 e. The zero-order valence-corrected chi connectivity index (χ0v) is 16.4. The van der Waals surface area contributed by atoms with Crippen LogP contribution < -0.4 is 5.32 Å². The van der Waals surface area contributed by atoms with Crippen molar-refractivity contribution >= 4 is 11.8 Å². The highest BCUT2D eigenvalue weighted by Gasteiger charge is 2.39. The van der Waals surface area contributed by atoms with E-state index in [-0.39, 0.29) is 11.8 Å². The molecule has 1 fully saturated rings. The Hall–Kier alpha value is -2.62. The van der Waals surface area contributed by atoms with Crippen LogP contribution in [0.4, 0.5) is 0 Å². The minimum absolute atomic E-state index is 0.0189. The van der Waals surface area contributed by atoms with Gasteiger partial charge < -0.3 is 10.2 Å². The van der Waals surface area contributed by atoms with E-state index in [0.29, 0.717) is 19.6 Å². The quantitative estimate of drug-likeness (QED) is 0.895. The molecule has 0 saturated carbocycles. The van der Waals surface area contributed by atoms with E-state index in [4.69, 9.17) is 0 Å². The molecule has 1 unspecified atom stereocenters. The van der Waals surface area contributed by atoms with Crippen molar-refractivity contribution in [3.8, 4) is 0 Å². The van der Waals surface area contributed by atoms with E-state index in [9.17, 15) is 9.59 Å². The highest BCUT2D eigenvalue weighted by molar-refractivity contribution is 5.96. The second kappa shape index (κ2) is 7.95. The van der Waals surface area contributed by atoms with Crippen molar-refractivity contribution in [1.29, 1.82) is 0 Å². The summed E-state index contributed by atoms with van der Waals surface area (Å²) in [5, 5.41) is 3.06. The predicted molar refractivity (Wildman–Crippen MR) is 107 cm³/mol. The Balaban J connectivity index is 1.66. The van der Waals surface area contributed by atoms with E-state index in [1.54, 1.807) is 0 Å². The molecule has 0 radical (unpaired) electrons. The van der Waals surface area contributed by atoms with Gasteiger partial charge in [0.05, 0.1) is 5.41 Å². The lowest BCUT2D eigenvalue weighted by atomic mass is 9.80. The summed E-state index contributed by atoms with van der Waals surface area (Å²) in [5.74, 6) is 0.0377. The van der Waals surface area contributed by atoms with Gasteiger partial charge in [0, 0.05) is 25.2 Å². The van der Waals surface area contributed by atoms with Crippen LogP contribution in [0.15, 0.2) is 48.5 Å². The Morgan fingerprint density at radius 3 is 2.48 bits per heavy atom. The second-order valence-corrected chi connectivity index (χ2v) is 7.87. The third kappa shape index (κ3) is 4.38. The molecule has 2 aromatic rings. The lowest BCUT2D eigenvalue weighted by Gasteiger charge is -2.39. The van der Waals surface area contributed by atoms with E-state index in [1.165, 1.54) is 5.56 Å². The molecule has 4 heteroatoms. The zero-order chi connectivity index (χ0) is 19.4. The molecule has 2 amide bonds. The van der Waals surface area contributed by atoms with Crippen LogP contribution in [0.5, 0.6) is 0 Å². The van der Waals surface area contributed by atoms with E-state index >= 15 is 0 Å². The van der Waals surface area contributed by atoms with Crippen molar-refractivity contribution in [2.75, 3.05) is 13.1 Å². The Morgan fingerprint density at radius 2 is 1.78 bits per heavy atom. The molecule has 0 aliphatic carbocycles. The van der Waals surface area contributed by atoms with Gasteiger partial charge in [0.25, 0.3) is 5.91 Å². The summed E-state index contributed by atoms with van der Waals surface area (Å²) in [7, 11) is 0. The number of nitrogens with zero attached hydrogens (tertiary/aromatic N) is 1. The van der Waals surface area contributed by atoms with Gasteiger partial charge >= 0.3 is 0 Å². The molecule has 0 aromatic heterocycles. The van der Waals surface area contributed by atoms with Gasteiger partial charge in [-0.1, -0.05) is 48.0 Å². The average Bonchev–Trinajstić information content (AvgIpc) is 2.67. The number of nitrogens with one attached hydrogen (secondary N) is 1. The molecular formula is C23H28N2O2. The Morgan fingerprint density at radius 1 is 1.07 bits per heavy atom. The van der Waals surface area contributed by atoms with E-state index < -0.39 is 5.41 Å². The molecular weight excluding hydrogens is 336 g/mol. The molecule has 27 heavy (non-hydrogen) atoms. The van der Waals surface area contributed by atoms with Crippen LogP contribution in [0.1, 0.15) is 46.8 Å². The number of benzene rings is 2. The summed E-state index contributed by atoms with van der Waals surface area (Å²) in [6, 6.07) is 15.8. The third-order valence-electron chi connectivity index (χ3n) is 5.48. The summed E-state index contributed by atoms with van der Waals surface area (Å²) in [5.41, 5.74) is 3.43. The number of amides is 2. The van der Waals surface area contributed by atoms with Crippen LogP contribution in [0.25, 0.3) is 0 Å². The third-order valence-corrected chi connectivity index (χ3v) is 5.48. The first-order valence-electron chi connectivity index (χ1n) is 9.58. The zero-order valence-electron chi connectivity index (χ0n) is 16.4. The van der Waals surface area contributed by atoms with E-state index in [1.807, 2.05) is 74.2 Å². The monoisotopic (exact) mass is 364 g/mol. The smallest absolute Gasteiger partial charge is 0.254 e. The molecule has 142 valence electrons. The molecule has 4 nitrogen and oxygen atoms in total. The van der Waals surface area contributed by atoms with E-state index in [2.05, 4.69) is 5.32 Å². The highest BCUT2D eigenvalue weighted by Crippen LogP contribution is 2.31. The van der Waals surface area contributed by atoms with Gasteiger partial charge in [0.1, 0.15) is 0 Å². The number of piperidine rings is 1. The number of hydrogen-bond acceptors (Lipinski definition) is 2. The maximum absolute atomic E-state index is 12.9. The molecule has 3 rings (SSSR count). The van der Waals surface area contributed by atoms with Crippen LogP contribution in [0.3, 0.4) is 0 Å². The van der Waals surface area contributed by atoms with Crippen molar-refractivity contribution in [1.82, 2.24) is 10.2 Å². The van der Waals surface area contributed by atoms with Crippen LogP contribution >= 0.6 is 0 Å². The van der Waals surface area contributed by atoms with Gasteiger partial charge in [-0.3, -0.25) is 9.59 Å². The number of aryl methyl sites for hydroxylation is 2. The average molecular weight is 364 g/mol. The fourth-order valence-corrected chi connectivity index (χ4v) is 3.68. The number of rotatable bonds is 4. The van der Waals surface area contributed by atoms with Gasteiger partial charge in [-0.15, -0.1) is 0 Å². The first-order valence-corrected chi connectivity index (χ1v) is 9.58. The standard InChI is InChI=1S/C23H28N2O2/c1-17-9-11-19(12-10-17)15-24-22(27)23(3)13-6-14-25(16-23)21(26)20-8-5-4-7-18(20)2/h4-5,7-12H,6,13-16H2,1-3H3,(H,24,27). The molecule has 1 atom stereocenters. The normalized spacial score (nSPS) is 19.6. The summed E-state index contributed by atoms with van der Waals surface area (Å²) in [6.07, 6.45) is 1.64. The van der Waals surface area contributed by atoms with Crippen LogP contribution in [-0.2, 0) is 11.3 Å². The van der Waals surface area contributed by atoms with Crippen LogP contribution in [0, 0.1) is 19.3 Å². The Kier molecular flexibility index (Phi) is 5.64. The SMILES string of the molecule is Cc1ccc(CNC(=O)C2(C)CCCN(C(=O)c3ccccc3C)C2)cc1. The fourth-order valence-electron chi connectivity index (χ4n) is 3.68. The first-order chi connectivity index (χ1) is 12.9. The Labute approximate surface area is 161 Å². The fraction of sp³-hybridized carbons (Fsp3) is 0.391. The van der Waals surface area contributed by atoms with Crippen molar-refractivity contribution in [2.45, 2.75) is 40.2 Å². The molecule has 2 aromatic carbocycles.